The van der Waals surface area contributed by atoms with Gasteiger partial charge >= 0.3 is 0 Å². The van der Waals surface area contributed by atoms with Crippen LogP contribution in [0.25, 0.3) is 11.0 Å². The van der Waals surface area contributed by atoms with Gasteiger partial charge in [-0.3, -0.25) is 14.5 Å². The van der Waals surface area contributed by atoms with Gasteiger partial charge in [-0.25, -0.2) is 0 Å². The molecule has 1 fully saturated rings. The van der Waals surface area contributed by atoms with Crippen LogP contribution in [0.4, 0.5) is 0 Å². The Morgan fingerprint density at radius 1 is 1.08 bits per heavy atom. The maximum absolute atomic E-state index is 12.6. The maximum Gasteiger partial charge on any atom is 0.228 e. The Balaban J connectivity index is 1.31. The van der Waals surface area contributed by atoms with E-state index < -0.39 is 0 Å². The standard InChI is InChI=1S/C19H19N3O3S/c23-16(18-6-3-11-26-18)13-21-7-9-22(10-8-21)19(24)12-15-14-4-1-2-5-17(14)25-20-15/h1-6,11H,7-10,12-13H2. The third kappa shape index (κ3) is 3.54. The van der Waals surface area contributed by atoms with Crippen molar-refractivity contribution >= 4 is 34.0 Å². The number of para-hydroxylation sites is 1. The minimum absolute atomic E-state index is 0.0493. The third-order valence-electron chi connectivity index (χ3n) is 4.66. The summed E-state index contributed by atoms with van der Waals surface area (Å²) in [6.07, 6.45) is 0.241. The second-order valence-corrected chi connectivity index (χ2v) is 7.31. The highest BCUT2D eigenvalue weighted by atomic mass is 32.1. The molecule has 4 rings (SSSR count). The molecule has 0 N–H and O–H groups in total. The molecule has 1 amide bonds. The molecule has 2 aromatic heterocycles. The Labute approximate surface area is 155 Å². The molecule has 0 saturated carbocycles. The molecule has 134 valence electrons. The summed E-state index contributed by atoms with van der Waals surface area (Å²) in [6, 6.07) is 11.3. The molecule has 0 aliphatic carbocycles. The number of amides is 1. The van der Waals surface area contributed by atoms with Crippen molar-refractivity contribution in [3.8, 4) is 0 Å². The van der Waals surface area contributed by atoms with E-state index in [0.29, 0.717) is 44.0 Å². The quantitative estimate of drug-likeness (QED) is 0.647. The molecule has 3 aromatic rings. The molecular formula is C19H19N3O3S. The summed E-state index contributed by atoms with van der Waals surface area (Å²) in [4.78, 5) is 29.5. The highest BCUT2D eigenvalue weighted by Gasteiger charge is 2.24. The van der Waals surface area contributed by atoms with E-state index >= 15 is 0 Å². The summed E-state index contributed by atoms with van der Waals surface area (Å²) in [5.74, 6) is 0.196. The van der Waals surface area contributed by atoms with Crippen molar-refractivity contribution in [3.05, 3.63) is 52.3 Å². The number of fused-ring (bicyclic) bond motifs is 1. The average Bonchev–Trinajstić information content (AvgIpc) is 3.33. The summed E-state index contributed by atoms with van der Waals surface area (Å²) in [5.41, 5.74) is 1.38. The molecule has 0 spiro atoms. The molecule has 6 nitrogen and oxygen atoms in total. The lowest BCUT2D eigenvalue weighted by Crippen LogP contribution is -2.50. The topological polar surface area (TPSA) is 66.7 Å². The summed E-state index contributed by atoms with van der Waals surface area (Å²) in [7, 11) is 0. The molecule has 1 aromatic carbocycles. The minimum Gasteiger partial charge on any atom is -0.356 e. The fourth-order valence-electron chi connectivity index (χ4n) is 3.19. The zero-order valence-electron chi connectivity index (χ0n) is 14.3. The van der Waals surface area contributed by atoms with Gasteiger partial charge in [-0.2, -0.15) is 0 Å². The van der Waals surface area contributed by atoms with E-state index in [0.717, 1.165) is 10.3 Å². The van der Waals surface area contributed by atoms with Gasteiger partial charge in [-0.05, 0) is 23.6 Å². The zero-order chi connectivity index (χ0) is 17.9. The van der Waals surface area contributed by atoms with E-state index in [1.165, 1.54) is 11.3 Å². The van der Waals surface area contributed by atoms with Gasteiger partial charge in [0, 0.05) is 31.6 Å². The van der Waals surface area contributed by atoms with Crippen LogP contribution in [-0.2, 0) is 11.2 Å². The van der Waals surface area contributed by atoms with E-state index in [-0.39, 0.29) is 18.1 Å². The van der Waals surface area contributed by atoms with E-state index in [2.05, 4.69) is 10.1 Å². The lowest BCUT2D eigenvalue weighted by atomic mass is 10.1. The molecule has 0 atom stereocenters. The number of thiophene rings is 1. The van der Waals surface area contributed by atoms with Gasteiger partial charge in [-0.15, -0.1) is 11.3 Å². The van der Waals surface area contributed by atoms with Crippen molar-refractivity contribution in [3.63, 3.8) is 0 Å². The van der Waals surface area contributed by atoms with Crippen molar-refractivity contribution in [1.29, 1.82) is 0 Å². The van der Waals surface area contributed by atoms with Crippen LogP contribution in [0, 0.1) is 0 Å². The molecule has 7 heteroatoms. The molecule has 26 heavy (non-hydrogen) atoms. The number of Topliss-reactive ketones (excluding diaryl/α,β-unsaturated/α-hetero) is 1. The number of aromatic nitrogens is 1. The monoisotopic (exact) mass is 369 g/mol. The van der Waals surface area contributed by atoms with Gasteiger partial charge in [0.2, 0.25) is 5.91 Å². The predicted octanol–water partition coefficient (Wildman–Crippen LogP) is 2.46. The van der Waals surface area contributed by atoms with Gasteiger partial charge in [0.15, 0.2) is 11.4 Å². The first-order valence-electron chi connectivity index (χ1n) is 8.61. The minimum atomic E-state index is 0.0493. The summed E-state index contributed by atoms with van der Waals surface area (Å²) < 4.78 is 5.27. The lowest BCUT2D eigenvalue weighted by molar-refractivity contribution is -0.132. The van der Waals surface area contributed by atoms with Crippen LogP contribution < -0.4 is 0 Å². The summed E-state index contributed by atoms with van der Waals surface area (Å²) in [5, 5.41) is 6.84. The van der Waals surface area contributed by atoms with Crippen molar-refractivity contribution in [2.45, 2.75) is 6.42 Å². The van der Waals surface area contributed by atoms with Crippen LogP contribution in [0.3, 0.4) is 0 Å². The number of carbonyl (C=O) groups excluding carboxylic acids is 2. The number of hydrogen-bond donors (Lipinski definition) is 0. The molecule has 1 aliphatic heterocycles. The van der Waals surface area contributed by atoms with Gasteiger partial charge < -0.3 is 9.42 Å². The third-order valence-corrected chi connectivity index (χ3v) is 5.57. The molecular weight excluding hydrogens is 350 g/mol. The number of hydrogen-bond acceptors (Lipinski definition) is 6. The SMILES string of the molecule is O=C(CN1CCN(C(=O)Cc2noc3ccccc23)CC1)c1cccs1. The fraction of sp³-hybridized carbons (Fsp3) is 0.316. The van der Waals surface area contributed by atoms with Gasteiger partial charge in [0.25, 0.3) is 0 Å². The predicted molar refractivity (Wildman–Crippen MR) is 99.4 cm³/mol. The van der Waals surface area contributed by atoms with Crippen molar-refractivity contribution in [2.24, 2.45) is 0 Å². The molecule has 1 saturated heterocycles. The van der Waals surface area contributed by atoms with E-state index in [1.807, 2.05) is 46.7 Å². The number of rotatable bonds is 5. The van der Waals surface area contributed by atoms with Gasteiger partial charge in [-0.1, -0.05) is 23.4 Å². The molecule has 0 bridgehead atoms. The van der Waals surface area contributed by atoms with Crippen LogP contribution >= 0.6 is 11.3 Å². The lowest BCUT2D eigenvalue weighted by Gasteiger charge is -2.34. The Bertz CT molecular complexity index is 911. The Kier molecular flexibility index (Phi) is 4.81. The molecule has 3 heterocycles. The van der Waals surface area contributed by atoms with E-state index in [1.54, 1.807) is 0 Å². The molecule has 0 radical (unpaired) electrons. The number of benzene rings is 1. The Hall–Kier alpha value is -2.51. The first-order valence-corrected chi connectivity index (χ1v) is 9.49. The highest BCUT2D eigenvalue weighted by molar-refractivity contribution is 7.12. The van der Waals surface area contributed by atoms with E-state index in [4.69, 9.17) is 4.52 Å². The van der Waals surface area contributed by atoms with Crippen molar-refractivity contribution < 1.29 is 14.1 Å². The smallest absolute Gasteiger partial charge is 0.228 e. The number of piperazine rings is 1. The first kappa shape index (κ1) is 16.9. The van der Waals surface area contributed by atoms with Crippen LogP contribution in [0.2, 0.25) is 0 Å². The molecule has 1 aliphatic rings. The van der Waals surface area contributed by atoms with Crippen molar-refractivity contribution in [1.82, 2.24) is 15.0 Å². The second-order valence-electron chi connectivity index (χ2n) is 6.36. The Morgan fingerprint density at radius 2 is 1.88 bits per heavy atom. The van der Waals surface area contributed by atoms with Crippen molar-refractivity contribution in [2.75, 3.05) is 32.7 Å². The highest BCUT2D eigenvalue weighted by Crippen LogP contribution is 2.19. The van der Waals surface area contributed by atoms with Gasteiger partial charge in [0.05, 0.1) is 17.8 Å². The van der Waals surface area contributed by atoms with Gasteiger partial charge in [0.1, 0.15) is 5.69 Å². The number of carbonyl (C=O) groups is 2. The average molecular weight is 369 g/mol. The van der Waals surface area contributed by atoms with E-state index in [9.17, 15) is 9.59 Å². The van der Waals surface area contributed by atoms with Crippen LogP contribution in [0.15, 0.2) is 46.3 Å². The normalized spacial score (nSPS) is 15.5. The number of nitrogens with zero attached hydrogens (tertiary/aromatic N) is 3. The van der Waals surface area contributed by atoms with Crippen LogP contribution in [0.5, 0.6) is 0 Å². The Morgan fingerprint density at radius 3 is 2.65 bits per heavy atom. The zero-order valence-corrected chi connectivity index (χ0v) is 15.1. The summed E-state index contributed by atoms with van der Waals surface area (Å²) >= 11 is 1.47. The first-order chi connectivity index (χ1) is 12.7. The fourth-order valence-corrected chi connectivity index (χ4v) is 3.85. The molecule has 0 unspecified atom stereocenters. The number of ketones is 1. The summed E-state index contributed by atoms with van der Waals surface area (Å²) in [6.45, 7) is 3.10. The second kappa shape index (κ2) is 7.39. The van der Waals surface area contributed by atoms with Crippen LogP contribution in [-0.4, -0.2) is 59.4 Å². The maximum atomic E-state index is 12.6. The van der Waals surface area contributed by atoms with Crippen LogP contribution in [0.1, 0.15) is 15.4 Å². The largest absolute Gasteiger partial charge is 0.356 e.